The van der Waals surface area contributed by atoms with Gasteiger partial charge in [0.1, 0.15) is 11.0 Å². The van der Waals surface area contributed by atoms with Gasteiger partial charge in [-0.3, -0.25) is 4.68 Å². The van der Waals surface area contributed by atoms with Crippen LogP contribution in [0.4, 0.5) is 0 Å². The van der Waals surface area contributed by atoms with Gasteiger partial charge in [-0.15, -0.1) is 0 Å². The number of halogens is 1. The van der Waals surface area contributed by atoms with E-state index < -0.39 is 0 Å². The van der Waals surface area contributed by atoms with E-state index in [0.29, 0.717) is 11.1 Å². The summed E-state index contributed by atoms with van der Waals surface area (Å²) in [6.45, 7) is 4.28. The Morgan fingerprint density at radius 3 is 2.56 bits per heavy atom. The zero-order valence-electron chi connectivity index (χ0n) is 10.9. The average Bonchev–Trinajstić information content (AvgIpc) is 2.77. The highest BCUT2D eigenvalue weighted by molar-refractivity contribution is 6.29. The van der Waals surface area contributed by atoms with Gasteiger partial charge in [0.2, 0.25) is 0 Å². The molecule has 96 valence electrons. The lowest BCUT2D eigenvalue weighted by Gasteiger charge is -2.11. The summed E-state index contributed by atoms with van der Waals surface area (Å²) in [4.78, 5) is 8.95. The molecular formula is C13H17ClN4. The molecule has 2 aromatic heterocycles. The highest BCUT2D eigenvalue weighted by Gasteiger charge is 2.13. The molecule has 0 aliphatic rings. The number of hydrogen-bond donors (Lipinski definition) is 0. The van der Waals surface area contributed by atoms with Gasteiger partial charge in [0.15, 0.2) is 0 Å². The number of rotatable bonds is 4. The van der Waals surface area contributed by atoms with E-state index in [1.807, 2.05) is 13.2 Å². The third kappa shape index (κ3) is 2.70. The summed E-state index contributed by atoms with van der Waals surface area (Å²) in [7, 11) is 1.88. The van der Waals surface area contributed by atoms with Gasteiger partial charge in [-0.2, -0.15) is 5.10 Å². The van der Waals surface area contributed by atoms with Crippen LogP contribution in [0.5, 0.6) is 0 Å². The minimum absolute atomic E-state index is 0.360. The van der Waals surface area contributed by atoms with Crippen LogP contribution in [0.1, 0.15) is 38.4 Å². The topological polar surface area (TPSA) is 43.6 Å². The number of aromatic nitrogens is 4. The molecule has 0 aliphatic carbocycles. The second-order valence-corrected chi connectivity index (χ2v) is 4.74. The van der Waals surface area contributed by atoms with Crippen LogP contribution in [0.25, 0.3) is 11.3 Å². The molecule has 0 radical (unpaired) electrons. The molecule has 0 unspecified atom stereocenters. The van der Waals surface area contributed by atoms with E-state index in [2.05, 4.69) is 28.9 Å². The van der Waals surface area contributed by atoms with Crippen molar-refractivity contribution in [3.05, 3.63) is 29.4 Å². The van der Waals surface area contributed by atoms with Crippen molar-refractivity contribution in [3.63, 3.8) is 0 Å². The standard InChI is InChI=1S/C13H17ClN4/c1-4-9(5-2)13-16-11(6-12(14)17-13)10-7-15-18(3)8-10/h6-9H,4-5H2,1-3H3. The first-order valence-corrected chi connectivity index (χ1v) is 6.55. The summed E-state index contributed by atoms with van der Waals surface area (Å²) >= 11 is 6.09. The molecule has 4 nitrogen and oxygen atoms in total. The molecule has 0 bridgehead atoms. The first-order valence-electron chi connectivity index (χ1n) is 6.17. The zero-order valence-corrected chi connectivity index (χ0v) is 11.6. The molecule has 0 saturated heterocycles. The minimum atomic E-state index is 0.360. The summed E-state index contributed by atoms with van der Waals surface area (Å²) < 4.78 is 1.75. The van der Waals surface area contributed by atoms with Crippen LogP contribution in [0, 0.1) is 0 Å². The molecule has 0 fully saturated rings. The molecule has 2 heterocycles. The molecule has 0 aliphatic heterocycles. The molecule has 0 amide bonds. The van der Waals surface area contributed by atoms with Gasteiger partial charge in [-0.25, -0.2) is 9.97 Å². The van der Waals surface area contributed by atoms with E-state index in [1.54, 1.807) is 16.9 Å². The Kier molecular flexibility index (Phi) is 3.97. The maximum absolute atomic E-state index is 6.09. The van der Waals surface area contributed by atoms with E-state index in [-0.39, 0.29) is 0 Å². The molecule has 2 aromatic rings. The summed E-state index contributed by atoms with van der Waals surface area (Å²) in [5.41, 5.74) is 1.80. The van der Waals surface area contributed by atoms with Crippen molar-refractivity contribution in [2.24, 2.45) is 7.05 Å². The molecule has 0 N–H and O–H groups in total. The van der Waals surface area contributed by atoms with Gasteiger partial charge in [-0.05, 0) is 12.8 Å². The Balaban J connectivity index is 2.43. The summed E-state index contributed by atoms with van der Waals surface area (Å²) in [6, 6.07) is 1.78. The Morgan fingerprint density at radius 2 is 2.00 bits per heavy atom. The Labute approximate surface area is 112 Å². The minimum Gasteiger partial charge on any atom is -0.275 e. The Bertz CT molecular complexity index is 532. The Morgan fingerprint density at radius 1 is 1.28 bits per heavy atom. The normalized spacial score (nSPS) is 11.2. The van der Waals surface area contributed by atoms with Crippen LogP contribution in [-0.4, -0.2) is 19.7 Å². The molecule has 0 aromatic carbocycles. The lowest BCUT2D eigenvalue weighted by molar-refractivity contribution is 0.602. The Hall–Kier alpha value is -1.42. The number of aryl methyl sites for hydroxylation is 1. The highest BCUT2D eigenvalue weighted by atomic mass is 35.5. The van der Waals surface area contributed by atoms with Gasteiger partial charge in [-0.1, -0.05) is 25.4 Å². The lowest BCUT2D eigenvalue weighted by atomic mass is 10.0. The van der Waals surface area contributed by atoms with E-state index in [9.17, 15) is 0 Å². The molecule has 0 atom stereocenters. The van der Waals surface area contributed by atoms with Crippen molar-refractivity contribution < 1.29 is 0 Å². The summed E-state index contributed by atoms with van der Waals surface area (Å²) in [5, 5.41) is 4.64. The summed E-state index contributed by atoms with van der Waals surface area (Å²) in [6.07, 6.45) is 5.75. The van der Waals surface area contributed by atoms with E-state index in [4.69, 9.17) is 11.6 Å². The monoisotopic (exact) mass is 264 g/mol. The van der Waals surface area contributed by atoms with Crippen LogP contribution in [0.15, 0.2) is 18.5 Å². The maximum atomic E-state index is 6.09. The van der Waals surface area contributed by atoms with Crippen molar-refractivity contribution in [1.82, 2.24) is 19.7 Å². The van der Waals surface area contributed by atoms with E-state index in [1.165, 1.54) is 0 Å². The predicted octanol–water partition coefficient (Wildman–Crippen LogP) is 3.43. The van der Waals surface area contributed by atoms with Gasteiger partial charge in [0.05, 0.1) is 11.9 Å². The molecule has 0 spiro atoms. The zero-order chi connectivity index (χ0) is 13.1. The van der Waals surface area contributed by atoms with Gasteiger partial charge in [0, 0.05) is 30.8 Å². The smallest absolute Gasteiger partial charge is 0.133 e. The van der Waals surface area contributed by atoms with Crippen molar-refractivity contribution in [2.75, 3.05) is 0 Å². The number of nitrogens with zero attached hydrogens (tertiary/aromatic N) is 4. The summed E-state index contributed by atoms with van der Waals surface area (Å²) in [5.74, 6) is 1.19. The molecule has 18 heavy (non-hydrogen) atoms. The fourth-order valence-corrected chi connectivity index (χ4v) is 2.16. The highest BCUT2D eigenvalue weighted by Crippen LogP contribution is 2.25. The maximum Gasteiger partial charge on any atom is 0.133 e. The SMILES string of the molecule is CCC(CC)c1nc(Cl)cc(-c2cnn(C)c2)n1. The van der Waals surface area contributed by atoms with Crippen LogP contribution in [0.3, 0.4) is 0 Å². The predicted molar refractivity (Wildman–Crippen MR) is 72.6 cm³/mol. The second-order valence-electron chi connectivity index (χ2n) is 4.35. The van der Waals surface area contributed by atoms with Gasteiger partial charge < -0.3 is 0 Å². The van der Waals surface area contributed by atoms with Crippen molar-refractivity contribution in [3.8, 4) is 11.3 Å². The number of hydrogen-bond acceptors (Lipinski definition) is 3. The van der Waals surface area contributed by atoms with E-state index in [0.717, 1.165) is 29.9 Å². The molecular weight excluding hydrogens is 248 g/mol. The van der Waals surface area contributed by atoms with Crippen LogP contribution < -0.4 is 0 Å². The third-order valence-electron chi connectivity index (χ3n) is 3.06. The van der Waals surface area contributed by atoms with Crippen molar-refractivity contribution in [1.29, 1.82) is 0 Å². The fourth-order valence-electron chi connectivity index (χ4n) is 1.97. The van der Waals surface area contributed by atoms with Crippen LogP contribution in [-0.2, 0) is 7.05 Å². The molecule has 5 heteroatoms. The van der Waals surface area contributed by atoms with Crippen molar-refractivity contribution >= 4 is 11.6 Å². The molecule has 2 rings (SSSR count). The first-order chi connectivity index (χ1) is 8.63. The quantitative estimate of drug-likeness (QED) is 0.795. The fraction of sp³-hybridized carbons (Fsp3) is 0.462. The lowest BCUT2D eigenvalue weighted by Crippen LogP contribution is -2.03. The first kappa shape index (κ1) is 13.0. The average molecular weight is 265 g/mol. The second kappa shape index (κ2) is 5.48. The van der Waals surface area contributed by atoms with Gasteiger partial charge in [0.25, 0.3) is 0 Å². The van der Waals surface area contributed by atoms with Crippen molar-refractivity contribution in [2.45, 2.75) is 32.6 Å². The van der Waals surface area contributed by atoms with E-state index >= 15 is 0 Å². The molecule has 0 saturated carbocycles. The van der Waals surface area contributed by atoms with Crippen LogP contribution in [0.2, 0.25) is 5.15 Å². The largest absolute Gasteiger partial charge is 0.275 e. The van der Waals surface area contributed by atoms with Crippen LogP contribution >= 0.6 is 11.6 Å². The third-order valence-corrected chi connectivity index (χ3v) is 3.26. The van der Waals surface area contributed by atoms with Gasteiger partial charge >= 0.3 is 0 Å².